The van der Waals surface area contributed by atoms with Gasteiger partial charge in [0.15, 0.2) is 0 Å². The summed E-state index contributed by atoms with van der Waals surface area (Å²) in [6.45, 7) is 5.91. The van der Waals surface area contributed by atoms with Crippen LogP contribution in [0.3, 0.4) is 0 Å². The number of nitrogens with one attached hydrogen (secondary N) is 1. The first-order valence-electron chi connectivity index (χ1n) is 6.38. The van der Waals surface area contributed by atoms with E-state index < -0.39 is 10.0 Å². The minimum absolute atomic E-state index is 0.315. The summed E-state index contributed by atoms with van der Waals surface area (Å²) in [5.41, 5.74) is 0. The zero-order chi connectivity index (χ0) is 12.3. The van der Waals surface area contributed by atoms with E-state index in [2.05, 4.69) is 5.32 Å². The molecular weight excluding hydrogens is 240 g/mol. The number of hydrogen-bond donors (Lipinski definition) is 1. The average molecular weight is 262 g/mol. The second kappa shape index (κ2) is 5.65. The van der Waals surface area contributed by atoms with Gasteiger partial charge in [-0.2, -0.15) is 0 Å². The molecule has 5 nitrogen and oxygen atoms in total. The quantitative estimate of drug-likeness (QED) is 0.763. The van der Waals surface area contributed by atoms with Gasteiger partial charge in [0.05, 0.1) is 5.25 Å². The van der Waals surface area contributed by atoms with Crippen molar-refractivity contribution in [3.05, 3.63) is 0 Å². The van der Waals surface area contributed by atoms with E-state index >= 15 is 0 Å². The van der Waals surface area contributed by atoms with Crippen LogP contribution in [0.4, 0.5) is 0 Å². The normalized spacial score (nSPS) is 32.2. The third kappa shape index (κ3) is 3.19. The molecule has 100 valence electrons. The van der Waals surface area contributed by atoms with E-state index in [0.29, 0.717) is 25.6 Å². The van der Waals surface area contributed by atoms with Gasteiger partial charge < -0.3 is 10.1 Å². The highest BCUT2D eigenvalue weighted by atomic mass is 32.2. The van der Waals surface area contributed by atoms with Crippen LogP contribution < -0.4 is 5.32 Å². The topological polar surface area (TPSA) is 58.6 Å². The van der Waals surface area contributed by atoms with E-state index in [1.165, 1.54) is 0 Å². The van der Waals surface area contributed by atoms with E-state index in [9.17, 15) is 8.42 Å². The molecule has 1 atom stereocenters. The molecule has 0 spiro atoms. The van der Waals surface area contributed by atoms with E-state index in [1.807, 2.05) is 0 Å². The first kappa shape index (κ1) is 13.3. The van der Waals surface area contributed by atoms with Crippen molar-refractivity contribution in [2.75, 3.05) is 39.4 Å². The van der Waals surface area contributed by atoms with Gasteiger partial charge in [0, 0.05) is 39.4 Å². The van der Waals surface area contributed by atoms with Gasteiger partial charge in [0.25, 0.3) is 0 Å². The second-order valence-corrected chi connectivity index (χ2v) is 7.32. The van der Waals surface area contributed by atoms with Crippen LogP contribution in [0, 0.1) is 5.92 Å². The van der Waals surface area contributed by atoms with Crippen molar-refractivity contribution in [3.63, 3.8) is 0 Å². The standard InChI is InChI=1S/C11H22N2O3S/c1-10-8-12-4-5-13(17(10,14)15)9-11-2-6-16-7-3-11/h10-12H,2-9H2,1H3. The van der Waals surface area contributed by atoms with Crippen LogP contribution >= 0.6 is 0 Å². The van der Waals surface area contributed by atoms with E-state index in [-0.39, 0.29) is 5.25 Å². The molecule has 0 amide bonds. The van der Waals surface area contributed by atoms with Crippen LogP contribution in [0.2, 0.25) is 0 Å². The lowest BCUT2D eigenvalue weighted by molar-refractivity contribution is 0.0607. The van der Waals surface area contributed by atoms with Gasteiger partial charge in [-0.15, -0.1) is 0 Å². The van der Waals surface area contributed by atoms with Gasteiger partial charge >= 0.3 is 0 Å². The first-order chi connectivity index (χ1) is 8.10. The number of ether oxygens (including phenoxy) is 1. The molecule has 6 heteroatoms. The Hall–Kier alpha value is -0.170. The first-order valence-corrected chi connectivity index (χ1v) is 7.88. The predicted molar refractivity (Wildman–Crippen MR) is 66.4 cm³/mol. The molecule has 1 N–H and O–H groups in total. The lowest BCUT2D eigenvalue weighted by Crippen LogP contribution is -2.41. The van der Waals surface area contributed by atoms with E-state index in [0.717, 1.165) is 32.6 Å². The Bertz CT molecular complexity index is 339. The highest BCUT2D eigenvalue weighted by molar-refractivity contribution is 7.89. The summed E-state index contributed by atoms with van der Waals surface area (Å²) in [6, 6.07) is 0. The largest absolute Gasteiger partial charge is 0.381 e. The molecule has 2 fully saturated rings. The molecule has 2 heterocycles. The summed E-state index contributed by atoms with van der Waals surface area (Å²) in [5, 5.41) is 2.86. The van der Waals surface area contributed by atoms with Crippen LogP contribution in [-0.2, 0) is 14.8 Å². The summed E-state index contributed by atoms with van der Waals surface area (Å²) >= 11 is 0. The maximum atomic E-state index is 12.3. The fourth-order valence-corrected chi connectivity index (χ4v) is 4.01. The Kier molecular flexibility index (Phi) is 4.41. The van der Waals surface area contributed by atoms with Gasteiger partial charge in [-0.3, -0.25) is 0 Å². The Morgan fingerprint density at radius 1 is 1.35 bits per heavy atom. The van der Waals surface area contributed by atoms with Crippen molar-refractivity contribution in [3.8, 4) is 0 Å². The average Bonchev–Trinajstić information content (AvgIpc) is 2.44. The maximum Gasteiger partial charge on any atom is 0.218 e. The Labute approximate surface area is 104 Å². The third-order valence-corrected chi connectivity index (χ3v) is 5.88. The van der Waals surface area contributed by atoms with Crippen LogP contribution in [-0.4, -0.2) is 57.4 Å². The number of sulfonamides is 1. The van der Waals surface area contributed by atoms with Crippen molar-refractivity contribution in [2.24, 2.45) is 5.92 Å². The molecule has 2 aliphatic heterocycles. The highest BCUT2D eigenvalue weighted by Crippen LogP contribution is 2.20. The highest BCUT2D eigenvalue weighted by Gasteiger charge is 2.32. The fraction of sp³-hybridized carbons (Fsp3) is 1.00. The van der Waals surface area contributed by atoms with Gasteiger partial charge in [0.2, 0.25) is 10.0 Å². The summed E-state index contributed by atoms with van der Waals surface area (Å²) in [6.07, 6.45) is 1.96. The molecule has 2 rings (SSSR count). The second-order valence-electron chi connectivity index (χ2n) is 4.97. The predicted octanol–water partition coefficient (Wildman–Crippen LogP) is 0.0365. The molecular formula is C11H22N2O3S. The van der Waals surface area contributed by atoms with Crippen molar-refractivity contribution in [1.29, 1.82) is 0 Å². The van der Waals surface area contributed by atoms with Gasteiger partial charge in [-0.25, -0.2) is 12.7 Å². The Morgan fingerprint density at radius 3 is 2.76 bits per heavy atom. The molecule has 1 unspecified atom stereocenters. The maximum absolute atomic E-state index is 12.3. The fourth-order valence-electron chi connectivity index (χ4n) is 2.41. The van der Waals surface area contributed by atoms with Crippen molar-refractivity contribution < 1.29 is 13.2 Å². The minimum Gasteiger partial charge on any atom is -0.381 e. The Morgan fingerprint density at radius 2 is 2.06 bits per heavy atom. The zero-order valence-electron chi connectivity index (χ0n) is 10.4. The number of rotatable bonds is 2. The molecule has 0 saturated carbocycles. The molecule has 0 bridgehead atoms. The zero-order valence-corrected chi connectivity index (χ0v) is 11.2. The number of nitrogens with zero attached hydrogens (tertiary/aromatic N) is 1. The number of hydrogen-bond acceptors (Lipinski definition) is 4. The van der Waals surface area contributed by atoms with E-state index in [4.69, 9.17) is 4.74 Å². The van der Waals surface area contributed by atoms with Crippen LogP contribution in [0.1, 0.15) is 19.8 Å². The SMILES string of the molecule is CC1CNCCN(CC2CCOCC2)S1(=O)=O. The van der Waals surface area contributed by atoms with Crippen molar-refractivity contribution in [2.45, 2.75) is 25.0 Å². The smallest absolute Gasteiger partial charge is 0.218 e. The van der Waals surface area contributed by atoms with Crippen LogP contribution in [0.5, 0.6) is 0 Å². The summed E-state index contributed by atoms with van der Waals surface area (Å²) in [7, 11) is -3.11. The van der Waals surface area contributed by atoms with E-state index in [1.54, 1.807) is 11.2 Å². The van der Waals surface area contributed by atoms with Gasteiger partial charge in [0.1, 0.15) is 0 Å². The van der Waals surface area contributed by atoms with Gasteiger partial charge in [-0.1, -0.05) is 0 Å². The van der Waals surface area contributed by atoms with Crippen LogP contribution in [0.25, 0.3) is 0 Å². The molecule has 2 saturated heterocycles. The molecule has 0 aromatic rings. The molecule has 0 aliphatic carbocycles. The third-order valence-electron chi connectivity index (χ3n) is 3.64. The summed E-state index contributed by atoms with van der Waals surface area (Å²) in [5.74, 6) is 0.462. The monoisotopic (exact) mass is 262 g/mol. The van der Waals surface area contributed by atoms with Crippen molar-refractivity contribution in [1.82, 2.24) is 9.62 Å². The molecule has 17 heavy (non-hydrogen) atoms. The summed E-state index contributed by atoms with van der Waals surface area (Å²) < 4.78 is 31.5. The lowest BCUT2D eigenvalue weighted by Gasteiger charge is -2.29. The lowest BCUT2D eigenvalue weighted by atomic mass is 10.0. The van der Waals surface area contributed by atoms with Crippen LogP contribution in [0.15, 0.2) is 0 Å². The molecule has 0 aromatic carbocycles. The van der Waals surface area contributed by atoms with Gasteiger partial charge in [-0.05, 0) is 25.7 Å². The Balaban J connectivity index is 2.01. The summed E-state index contributed by atoms with van der Waals surface area (Å²) in [4.78, 5) is 0. The molecule has 0 radical (unpaired) electrons. The van der Waals surface area contributed by atoms with Crippen molar-refractivity contribution >= 4 is 10.0 Å². The molecule has 2 aliphatic rings. The molecule has 0 aromatic heterocycles. The minimum atomic E-state index is -3.11.